The fourth-order valence-corrected chi connectivity index (χ4v) is 4.02. The molecular weight excluding hydrogens is 502 g/mol. The van der Waals surface area contributed by atoms with Crippen molar-refractivity contribution >= 4 is 35.7 Å². The molecule has 5 amide bonds. The van der Waals surface area contributed by atoms with Crippen LogP contribution >= 0.6 is 0 Å². The predicted octanol–water partition coefficient (Wildman–Crippen LogP) is 0.783. The predicted molar refractivity (Wildman–Crippen MR) is 129 cm³/mol. The molecule has 0 radical (unpaired) electrons. The number of carbonyl (C=O) groups is 6. The second kappa shape index (κ2) is 13.8. The van der Waals surface area contributed by atoms with E-state index in [-0.39, 0.29) is 64.2 Å². The molecule has 1 N–H and O–H groups in total. The summed E-state index contributed by atoms with van der Waals surface area (Å²) in [6.07, 6.45) is 6.58. The molecule has 3 rings (SSSR count). The Bertz CT molecular complexity index is 960. The lowest BCUT2D eigenvalue weighted by Crippen LogP contribution is -2.40. The van der Waals surface area contributed by atoms with Crippen molar-refractivity contribution in [2.75, 3.05) is 39.5 Å². The van der Waals surface area contributed by atoms with E-state index in [1.54, 1.807) is 13.0 Å². The van der Waals surface area contributed by atoms with Crippen LogP contribution in [0.5, 0.6) is 0 Å². The third kappa shape index (κ3) is 8.21. The van der Waals surface area contributed by atoms with Gasteiger partial charge in [-0.25, -0.2) is 9.59 Å². The summed E-state index contributed by atoms with van der Waals surface area (Å²) < 4.78 is 16.2. The highest BCUT2D eigenvalue weighted by molar-refractivity contribution is 6.12. The Morgan fingerprint density at radius 3 is 2.32 bits per heavy atom. The molecule has 0 aromatic heterocycles. The molecule has 1 fully saturated rings. The molecule has 2 heterocycles. The van der Waals surface area contributed by atoms with Crippen LogP contribution in [-0.2, 0) is 43.0 Å². The van der Waals surface area contributed by atoms with E-state index in [9.17, 15) is 28.8 Å². The van der Waals surface area contributed by atoms with Crippen molar-refractivity contribution in [1.82, 2.24) is 15.3 Å². The van der Waals surface area contributed by atoms with E-state index < -0.39 is 35.4 Å². The largest absolute Gasteiger partial charge is 0.442 e. The summed E-state index contributed by atoms with van der Waals surface area (Å²) in [6.45, 7) is 3.05. The molecule has 0 saturated carbocycles. The van der Waals surface area contributed by atoms with E-state index >= 15 is 0 Å². The number of nitrogens with zero attached hydrogens (tertiary/aromatic N) is 2. The summed E-state index contributed by atoms with van der Waals surface area (Å²) in [7, 11) is 0. The highest BCUT2D eigenvalue weighted by Gasteiger charge is 2.41. The normalized spacial score (nSPS) is 24.4. The lowest BCUT2D eigenvalue weighted by atomic mass is 9.79. The van der Waals surface area contributed by atoms with Crippen molar-refractivity contribution in [3.05, 3.63) is 24.3 Å². The topological polar surface area (TPSA) is 158 Å². The number of nitrogens with one attached hydrogen (secondary N) is 1. The van der Waals surface area contributed by atoms with E-state index in [2.05, 4.69) is 5.32 Å². The third-order valence-corrected chi connectivity index (χ3v) is 6.37. The Morgan fingerprint density at radius 2 is 1.63 bits per heavy atom. The van der Waals surface area contributed by atoms with Crippen molar-refractivity contribution in [2.24, 2.45) is 5.41 Å². The number of imide groups is 2. The molecule has 0 spiro atoms. The van der Waals surface area contributed by atoms with E-state index in [1.807, 2.05) is 6.08 Å². The molecule has 13 heteroatoms. The summed E-state index contributed by atoms with van der Waals surface area (Å²) in [4.78, 5) is 77.5. The van der Waals surface area contributed by atoms with Crippen molar-refractivity contribution in [3.63, 3.8) is 0 Å². The highest BCUT2D eigenvalue weighted by atomic mass is 16.7. The Hall–Kier alpha value is -3.58. The van der Waals surface area contributed by atoms with E-state index in [4.69, 9.17) is 19.0 Å². The Balaban J connectivity index is 1.27. The molecule has 1 aliphatic carbocycles. The molecule has 0 unspecified atom stereocenters. The van der Waals surface area contributed by atoms with Crippen molar-refractivity contribution in [3.8, 4) is 0 Å². The minimum atomic E-state index is -0.946. The summed E-state index contributed by atoms with van der Waals surface area (Å²) in [5.74, 6) is -2.43. The van der Waals surface area contributed by atoms with Crippen LogP contribution in [0.3, 0.4) is 0 Å². The average molecular weight is 536 g/mol. The van der Waals surface area contributed by atoms with Crippen LogP contribution < -0.4 is 5.32 Å². The first-order valence-electron chi connectivity index (χ1n) is 12.6. The number of rotatable bonds is 12. The molecule has 2 atom stereocenters. The van der Waals surface area contributed by atoms with Gasteiger partial charge in [0, 0.05) is 31.5 Å². The standard InChI is InChI=1S/C25H33N3O10/c1-25(23(33)38-28-21(31)7-8-22(28)32)10-3-2-4-18(9-11-25)37-24(34)26-12-14-35-16-17-36-15-13-27-19(29)5-6-20(27)30/h2,4-6,18H,3,7-17H2,1H3,(H,26,34)/b4-2+/t18-,25+/m1/s1. The molecule has 1 saturated heterocycles. The Labute approximate surface area is 220 Å². The van der Waals surface area contributed by atoms with Gasteiger partial charge in [-0.15, -0.1) is 5.06 Å². The lowest BCUT2D eigenvalue weighted by molar-refractivity contribution is -0.205. The monoisotopic (exact) mass is 535 g/mol. The molecular formula is C25H33N3O10. The molecule has 3 aliphatic rings. The number of alkyl carbamates (subject to hydrolysis) is 1. The van der Waals surface area contributed by atoms with Crippen LogP contribution in [0, 0.1) is 5.41 Å². The van der Waals surface area contributed by atoms with Gasteiger partial charge < -0.3 is 24.4 Å². The summed E-state index contributed by atoms with van der Waals surface area (Å²) in [5, 5.41) is 3.14. The van der Waals surface area contributed by atoms with Gasteiger partial charge >= 0.3 is 12.1 Å². The zero-order chi connectivity index (χ0) is 27.5. The quantitative estimate of drug-likeness (QED) is 0.215. The van der Waals surface area contributed by atoms with E-state index in [0.717, 1.165) is 4.90 Å². The number of hydrogen-bond donors (Lipinski definition) is 1. The van der Waals surface area contributed by atoms with Crippen LogP contribution in [0.2, 0.25) is 0 Å². The average Bonchev–Trinajstić information content (AvgIpc) is 3.37. The van der Waals surface area contributed by atoms with Gasteiger partial charge in [0.15, 0.2) is 0 Å². The van der Waals surface area contributed by atoms with Gasteiger partial charge in [-0.2, -0.15) is 0 Å². The first-order valence-corrected chi connectivity index (χ1v) is 12.6. The van der Waals surface area contributed by atoms with Crippen molar-refractivity contribution < 1.29 is 47.8 Å². The van der Waals surface area contributed by atoms with Gasteiger partial charge in [-0.05, 0) is 38.7 Å². The summed E-state index contributed by atoms with van der Waals surface area (Å²) in [6, 6.07) is 0. The van der Waals surface area contributed by atoms with Gasteiger partial charge in [0.05, 0.1) is 38.4 Å². The number of hydrogen-bond acceptors (Lipinski definition) is 10. The number of ether oxygens (including phenoxy) is 3. The van der Waals surface area contributed by atoms with Gasteiger partial charge in [-0.1, -0.05) is 6.08 Å². The molecule has 13 nitrogen and oxygen atoms in total. The molecule has 38 heavy (non-hydrogen) atoms. The van der Waals surface area contributed by atoms with Gasteiger partial charge in [0.25, 0.3) is 23.6 Å². The van der Waals surface area contributed by atoms with Gasteiger partial charge in [-0.3, -0.25) is 24.1 Å². The van der Waals surface area contributed by atoms with E-state index in [0.29, 0.717) is 30.7 Å². The van der Waals surface area contributed by atoms with Crippen LogP contribution in [0.25, 0.3) is 0 Å². The summed E-state index contributed by atoms with van der Waals surface area (Å²) in [5.41, 5.74) is -0.946. The first-order chi connectivity index (χ1) is 18.2. The Kier molecular flexibility index (Phi) is 10.5. The summed E-state index contributed by atoms with van der Waals surface area (Å²) >= 11 is 0. The number of amides is 5. The van der Waals surface area contributed by atoms with Gasteiger partial charge in [0.1, 0.15) is 6.10 Å². The third-order valence-electron chi connectivity index (χ3n) is 6.37. The zero-order valence-corrected chi connectivity index (χ0v) is 21.3. The maximum Gasteiger partial charge on any atom is 0.407 e. The highest BCUT2D eigenvalue weighted by Crippen LogP contribution is 2.34. The smallest absolute Gasteiger partial charge is 0.407 e. The molecule has 0 bridgehead atoms. The lowest BCUT2D eigenvalue weighted by Gasteiger charge is -2.30. The van der Waals surface area contributed by atoms with Crippen LogP contribution in [0.15, 0.2) is 24.3 Å². The van der Waals surface area contributed by atoms with Crippen LogP contribution in [-0.4, -0.2) is 91.3 Å². The minimum Gasteiger partial charge on any atom is -0.442 e. The van der Waals surface area contributed by atoms with Gasteiger partial charge in [0.2, 0.25) is 0 Å². The SMILES string of the molecule is C[C@]1(C(=O)ON2C(=O)CCC2=O)CC/C=C/[C@@H](OC(=O)NCCOCCOCCN2C(=O)C=CC2=O)CC1. The second-order valence-corrected chi connectivity index (χ2v) is 9.28. The number of allylic oxidation sites excluding steroid dienone is 1. The minimum absolute atomic E-state index is 0.0265. The molecule has 0 aromatic carbocycles. The van der Waals surface area contributed by atoms with Crippen molar-refractivity contribution in [1.29, 1.82) is 0 Å². The molecule has 0 aromatic rings. The Morgan fingerprint density at radius 1 is 0.974 bits per heavy atom. The fourth-order valence-electron chi connectivity index (χ4n) is 4.02. The molecule has 208 valence electrons. The second-order valence-electron chi connectivity index (χ2n) is 9.28. The van der Waals surface area contributed by atoms with Crippen molar-refractivity contribution in [2.45, 2.75) is 51.6 Å². The van der Waals surface area contributed by atoms with E-state index in [1.165, 1.54) is 12.2 Å². The molecule has 2 aliphatic heterocycles. The number of hydroxylamine groups is 2. The maximum absolute atomic E-state index is 12.8. The van der Waals surface area contributed by atoms with Crippen LogP contribution in [0.1, 0.15) is 45.4 Å². The maximum atomic E-state index is 12.8. The number of carbonyl (C=O) groups excluding carboxylic acids is 6. The first kappa shape index (κ1) is 29.0. The zero-order valence-electron chi connectivity index (χ0n) is 21.3. The fraction of sp³-hybridized carbons (Fsp3) is 0.600. The van der Waals surface area contributed by atoms with Crippen LogP contribution in [0.4, 0.5) is 4.79 Å².